The average molecular weight is 719 g/mol. The number of ether oxygens (including phenoxy) is 2. The lowest BCUT2D eigenvalue weighted by atomic mass is 10.2. The number of non-ortho nitro benzene ring substituents is 1. The number of nitro groups is 1. The fourth-order valence-electron chi connectivity index (χ4n) is 3.04. The van der Waals surface area contributed by atoms with Gasteiger partial charge in [-0.05, 0) is 90.4 Å². The van der Waals surface area contributed by atoms with Crippen LogP contribution in [0.2, 0.25) is 5.02 Å². The Morgan fingerprint density at radius 2 is 1.85 bits per heavy atom. The molecule has 0 amide bonds. The summed E-state index contributed by atoms with van der Waals surface area (Å²) in [5, 5.41) is 11.0. The van der Waals surface area contributed by atoms with Crippen LogP contribution in [0.5, 0.6) is 5.75 Å². The molecule has 0 N–H and O–H groups in total. The number of rotatable bonds is 6. The van der Waals surface area contributed by atoms with E-state index in [1.165, 1.54) is 18.2 Å². The van der Waals surface area contributed by atoms with E-state index in [2.05, 4.69) is 59.4 Å². The van der Waals surface area contributed by atoms with Crippen molar-refractivity contribution < 1.29 is 19.2 Å². The molecule has 0 atom stereocenters. The monoisotopic (exact) mass is 716 g/mol. The highest BCUT2D eigenvalue weighted by Crippen LogP contribution is 2.36. The topological polar surface area (TPSA) is 91.0 Å². The summed E-state index contributed by atoms with van der Waals surface area (Å²) in [6, 6.07) is 15.4. The summed E-state index contributed by atoms with van der Waals surface area (Å²) in [5.74, 6) is -0.0556. The van der Waals surface area contributed by atoms with Gasteiger partial charge in [0, 0.05) is 21.3 Å². The number of nitrogens with zero attached hydrogens (tertiary/aromatic N) is 2. The summed E-state index contributed by atoms with van der Waals surface area (Å²) in [6.07, 6.45) is 1.56. The van der Waals surface area contributed by atoms with Gasteiger partial charge in [-0.2, -0.15) is 0 Å². The minimum Gasteiger partial charge on any atom is -0.486 e. The minimum atomic E-state index is -0.657. The first-order chi connectivity index (χ1) is 16.2. The lowest BCUT2D eigenvalue weighted by Crippen LogP contribution is -2.06. The van der Waals surface area contributed by atoms with E-state index in [4.69, 9.17) is 21.1 Å². The van der Waals surface area contributed by atoms with E-state index in [0.717, 1.165) is 9.13 Å². The molecular weight excluding hydrogens is 706 g/mol. The Hall–Kier alpha value is -2.28. The number of aliphatic imine (C=N–C) groups is 1. The first-order valence-corrected chi connectivity index (χ1v) is 12.6. The second kappa shape index (κ2) is 10.5. The molecule has 0 spiro atoms. The summed E-state index contributed by atoms with van der Waals surface area (Å²) in [7, 11) is 0. The third-order valence-electron chi connectivity index (χ3n) is 4.67. The van der Waals surface area contributed by atoms with Crippen LogP contribution < -0.4 is 4.74 Å². The molecular formula is C23H12Br2ClIN2O5. The highest BCUT2D eigenvalue weighted by molar-refractivity contribution is 14.1. The van der Waals surface area contributed by atoms with Crippen LogP contribution in [0.25, 0.3) is 6.08 Å². The summed E-state index contributed by atoms with van der Waals surface area (Å²) in [5.41, 5.74) is 1.91. The summed E-state index contributed by atoms with van der Waals surface area (Å²) < 4.78 is 13.7. The molecule has 0 fully saturated rings. The minimum absolute atomic E-state index is 0.0216. The molecule has 1 aliphatic heterocycles. The number of hydrogen-bond acceptors (Lipinski definition) is 6. The van der Waals surface area contributed by atoms with E-state index in [-0.39, 0.29) is 27.9 Å². The standard InChI is InChI=1S/C23H12Br2ClIN2O5/c24-16-7-12(8-17(25)21(16)33-11-13-3-1-2-4-19(13)27)9-20-23(30)34-22(28-20)15-6-5-14(29(31)32)10-18(15)26/h1-10H,11H2/b20-9-. The second-order valence-electron chi connectivity index (χ2n) is 6.95. The van der Waals surface area contributed by atoms with Gasteiger partial charge in [0.1, 0.15) is 12.4 Å². The highest BCUT2D eigenvalue weighted by atomic mass is 127. The van der Waals surface area contributed by atoms with Crippen LogP contribution in [0, 0.1) is 13.7 Å². The lowest BCUT2D eigenvalue weighted by Gasteiger charge is -2.12. The van der Waals surface area contributed by atoms with E-state index in [1.807, 2.05) is 24.3 Å². The van der Waals surface area contributed by atoms with Gasteiger partial charge < -0.3 is 9.47 Å². The maximum absolute atomic E-state index is 12.4. The second-order valence-corrected chi connectivity index (χ2v) is 10.2. The van der Waals surface area contributed by atoms with Crippen LogP contribution in [0.1, 0.15) is 16.7 Å². The van der Waals surface area contributed by atoms with Crippen LogP contribution in [0.15, 0.2) is 74.2 Å². The van der Waals surface area contributed by atoms with Gasteiger partial charge in [-0.25, -0.2) is 9.79 Å². The molecule has 0 bridgehead atoms. The van der Waals surface area contributed by atoms with Gasteiger partial charge in [-0.1, -0.05) is 29.8 Å². The Labute approximate surface area is 229 Å². The fraction of sp³-hybridized carbons (Fsp3) is 0.0435. The lowest BCUT2D eigenvalue weighted by molar-refractivity contribution is -0.384. The van der Waals surface area contributed by atoms with Gasteiger partial charge in [-0.15, -0.1) is 0 Å². The Morgan fingerprint density at radius 1 is 1.15 bits per heavy atom. The van der Waals surface area contributed by atoms with Crippen molar-refractivity contribution in [3.8, 4) is 5.75 Å². The van der Waals surface area contributed by atoms with Crippen molar-refractivity contribution in [1.82, 2.24) is 0 Å². The van der Waals surface area contributed by atoms with Crippen molar-refractivity contribution in [1.29, 1.82) is 0 Å². The zero-order chi connectivity index (χ0) is 24.4. The van der Waals surface area contributed by atoms with E-state index >= 15 is 0 Å². The van der Waals surface area contributed by atoms with E-state index in [9.17, 15) is 14.9 Å². The molecule has 3 aromatic rings. The predicted octanol–water partition coefficient (Wildman–Crippen LogP) is 7.30. The van der Waals surface area contributed by atoms with Crippen molar-refractivity contribution in [3.63, 3.8) is 0 Å². The number of benzene rings is 3. The zero-order valence-electron chi connectivity index (χ0n) is 16.9. The third kappa shape index (κ3) is 5.51. The predicted molar refractivity (Wildman–Crippen MR) is 144 cm³/mol. The van der Waals surface area contributed by atoms with E-state index < -0.39 is 10.9 Å². The fourth-order valence-corrected chi connectivity index (χ4v) is 5.29. The first-order valence-electron chi connectivity index (χ1n) is 9.55. The Kier molecular flexibility index (Phi) is 7.70. The van der Waals surface area contributed by atoms with Crippen molar-refractivity contribution in [2.75, 3.05) is 0 Å². The number of carbonyl (C=O) groups excluding carboxylic acids is 1. The smallest absolute Gasteiger partial charge is 0.363 e. The van der Waals surface area contributed by atoms with E-state index in [0.29, 0.717) is 26.9 Å². The van der Waals surface area contributed by atoms with Crippen LogP contribution in [0.3, 0.4) is 0 Å². The zero-order valence-corrected chi connectivity index (χ0v) is 23.0. The quantitative estimate of drug-likeness (QED) is 0.0878. The molecule has 11 heteroatoms. The van der Waals surface area contributed by atoms with Crippen LogP contribution in [0.4, 0.5) is 5.69 Å². The summed E-state index contributed by atoms with van der Waals surface area (Å²) in [6.45, 7) is 0.396. The van der Waals surface area contributed by atoms with Crippen molar-refractivity contribution in [2.24, 2.45) is 4.99 Å². The first kappa shape index (κ1) is 24.8. The van der Waals surface area contributed by atoms with E-state index in [1.54, 1.807) is 18.2 Å². The highest BCUT2D eigenvalue weighted by Gasteiger charge is 2.26. The number of carbonyl (C=O) groups is 1. The SMILES string of the molecule is O=C1OC(c2ccc([N+](=O)[O-])cc2Cl)=N/C1=C\c1cc(Br)c(OCc2ccccc2I)c(Br)c1. The molecule has 0 aromatic heterocycles. The van der Waals surface area contributed by atoms with Crippen molar-refractivity contribution in [2.45, 2.75) is 6.61 Å². The maximum Gasteiger partial charge on any atom is 0.363 e. The molecule has 4 rings (SSSR count). The van der Waals surface area contributed by atoms with Gasteiger partial charge in [0.25, 0.3) is 5.69 Å². The number of nitro benzene ring substituents is 1. The van der Waals surface area contributed by atoms with Gasteiger partial charge in [0.2, 0.25) is 5.90 Å². The molecule has 3 aromatic carbocycles. The molecule has 172 valence electrons. The molecule has 0 unspecified atom stereocenters. The van der Waals surface area contributed by atoms with Crippen molar-refractivity contribution in [3.05, 3.63) is 105 Å². The number of cyclic esters (lactones) is 1. The number of halogens is 4. The molecule has 1 aliphatic rings. The average Bonchev–Trinajstić information content (AvgIpc) is 3.14. The van der Waals surface area contributed by atoms with Gasteiger partial charge in [0.15, 0.2) is 5.70 Å². The van der Waals surface area contributed by atoms with Crippen molar-refractivity contribution >= 4 is 89.7 Å². The summed E-state index contributed by atoms with van der Waals surface area (Å²) in [4.78, 5) is 26.9. The molecule has 0 radical (unpaired) electrons. The van der Waals surface area contributed by atoms with Gasteiger partial charge in [-0.3, -0.25) is 10.1 Å². The van der Waals surface area contributed by atoms with Crippen LogP contribution in [-0.4, -0.2) is 16.8 Å². The van der Waals surface area contributed by atoms with Crippen LogP contribution >= 0.6 is 66.1 Å². The largest absolute Gasteiger partial charge is 0.486 e. The number of hydrogen-bond donors (Lipinski definition) is 0. The normalized spacial score (nSPS) is 14.2. The number of esters is 1. The molecule has 34 heavy (non-hydrogen) atoms. The Morgan fingerprint density at radius 3 is 2.50 bits per heavy atom. The Balaban J connectivity index is 1.58. The Bertz CT molecular complexity index is 1370. The molecule has 7 nitrogen and oxygen atoms in total. The molecule has 0 aliphatic carbocycles. The van der Waals surface area contributed by atoms with Gasteiger partial charge in [0.05, 0.1) is 24.5 Å². The molecule has 0 saturated heterocycles. The van der Waals surface area contributed by atoms with Gasteiger partial charge >= 0.3 is 5.97 Å². The van der Waals surface area contributed by atoms with Crippen LogP contribution in [-0.2, 0) is 16.1 Å². The molecule has 0 saturated carbocycles. The molecule has 1 heterocycles. The third-order valence-corrected chi connectivity index (χ3v) is 7.21. The summed E-state index contributed by atoms with van der Waals surface area (Å²) >= 11 is 15.4. The maximum atomic E-state index is 12.4.